The minimum atomic E-state index is -0.321. The van der Waals surface area contributed by atoms with Crippen LogP contribution in [0.1, 0.15) is 31.1 Å². The first-order chi connectivity index (χ1) is 7.69. The second kappa shape index (κ2) is 4.90. The summed E-state index contributed by atoms with van der Waals surface area (Å²) in [6.45, 7) is 2.53. The number of ether oxygens (including phenoxy) is 1. The number of aliphatic hydroxyl groups excluding tert-OH is 1. The number of nitrogens with zero attached hydrogens (tertiary/aromatic N) is 2. The number of hydrogen-bond donors (Lipinski definition) is 2. The van der Waals surface area contributed by atoms with Crippen LogP contribution in [0.25, 0.3) is 0 Å². The maximum absolute atomic E-state index is 9.38. The van der Waals surface area contributed by atoms with Gasteiger partial charge in [-0.05, 0) is 13.3 Å². The Kier molecular flexibility index (Phi) is 3.52. The Morgan fingerprint density at radius 1 is 1.69 bits per heavy atom. The lowest BCUT2D eigenvalue weighted by molar-refractivity contribution is 0.116. The maximum Gasteiger partial charge on any atom is 0.243 e. The lowest BCUT2D eigenvalue weighted by Gasteiger charge is -2.04. The van der Waals surface area contributed by atoms with Crippen LogP contribution in [0.2, 0.25) is 0 Å². The molecule has 0 spiro atoms. The third-order valence-corrected chi connectivity index (χ3v) is 2.76. The number of nitrogens with one attached hydrogen (secondary N) is 1. The van der Waals surface area contributed by atoms with Crippen LogP contribution in [0.3, 0.4) is 0 Å². The first kappa shape index (κ1) is 11.5. The van der Waals surface area contributed by atoms with Crippen LogP contribution in [0, 0.1) is 0 Å². The number of hydrogen-bond acceptors (Lipinski definition) is 6. The molecule has 1 aliphatic rings. The molecule has 1 unspecified atom stereocenters. The van der Waals surface area contributed by atoms with E-state index in [1.165, 1.54) is 0 Å². The lowest BCUT2D eigenvalue weighted by atomic mass is 10.2. The molecule has 90 valence electrons. The van der Waals surface area contributed by atoms with Crippen molar-refractivity contribution < 1.29 is 14.4 Å². The summed E-state index contributed by atoms with van der Waals surface area (Å²) in [5, 5.41) is 16.4. The van der Waals surface area contributed by atoms with Crippen molar-refractivity contribution in [2.75, 3.05) is 13.7 Å². The van der Waals surface area contributed by atoms with Crippen LogP contribution < -0.4 is 5.32 Å². The summed E-state index contributed by atoms with van der Waals surface area (Å²) < 4.78 is 10.3. The van der Waals surface area contributed by atoms with Crippen molar-refractivity contribution in [3.05, 3.63) is 11.7 Å². The number of β-amino-alcohol motifs (C(OH)–C–C–N with tert-alkyl or cyclic N) is 1. The van der Waals surface area contributed by atoms with Gasteiger partial charge >= 0.3 is 0 Å². The van der Waals surface area contributed by atoms with E-state index in [4.69, 9.17) is 9.26 Å². The normalized spacial score (nSPS) is 27.2. The van der Waals surface area contributed by atoms with Gasteiger partial charge in [-0.25, -0.2) is 0 Å². The molecular weight excluding hydrogens is 210 g/mol. The molecule has 2 rings (SSSR count). The number of aliphatic hydroxyl groups is 1. The minimum absolute atomic E-state index is 0.0194. The van der Waals surface area contributed by atoms with Crippen LogP contribution in [0.4, 0.5) is 0 Å². The highest BCUT2D eigenvalue weighted by molar-refractivity contribution is 4.98. The van der Waals surface area contributed by atoms with E-state index in [1.807, 2.05) is 6.92 Å². The van der Waals surface area contributed by atoms with Gasteiger partial charge in [-0.1, -0.05) is 5.16 Å². The highest BCUT2D eigenvalue weighted by atomic mass is 16.5. The second-order valence-electron chi connectivity index (χ2n) is 4.15. The second-order valence-corrected chi connectivity index (χ2v) is 4.15. The summed E-state index contributed by atoms with van der Waals surface area (Å²) in [4.78, 5) is 4.28. The van der Waals surface area contributed by atoms with Gasteiger partial charge in [-0.3, -0.25) is 0 Å². The number of rotatable bonds is 4. The summed E-state index contributed by atoms with van der Waals surface area (Å²) in [5.74, 6) is 1.20. The van der Waals surface area contributed by atoms with Gasteiger partial charge in [0.25, 0.3) is 0 Å². The van der Waals surface area contributed by atoms with Crippen molar-refractivity contribution in [1.82, 2.24) is 15.5 Å². The summed E-state index contributed by atoms with van der Waals surface area (Å²) in [6.07, 6.45) is 1.02. The van der Waals surface area contributed by atoms with Crippen molar-refractivity contribution in [2.45, 2.75) is 38.0 Å². The maximum atomic E-state index is 9.38. The fourth-order valence-corrected chi connectivity index (χ4v) is 1.74. The first-order valence-electron chi connectivity index (χ1n) is 5.45. The molecule has 1 aliphatic heterocycles. The zero-order valence-corrected chi connectivity index (χ0v) is 9.51. The predicted octanol–water partition coefficient (Wildman–Crippen LogP) is 0.0423. The zero-order valence-electron chi connectivity index (χ0n) is 9.51. The smallest absolute Gasteiger partial charge is 0.243 e. The van der Waals surface area contributed by atoms with Gasteiger partial charge in [0.15, 0.2) is 5.82 Å². The molecule has 0 aromatic carbocycles. The van der Waals surface area contributed by atoms with Gasteiger partial charge < -0.3 is 19.7 Å². The number of aromatic nitrogens is 2. The van der Waals surface area contributed by atoms with Crippen molar-refractivity contribution >= 4 is 0 Å². The van der Waals surface area contributed by atoms with E-state index in [0.717, 1.165) is 0 Å². The molecular formula is C10H17N3O3. The van der Waals surface area contributed by atoms with E-state index >= 15 is 0 Å². The molecule has 0 radical (unpaired) electrons. The van der Waals surface area contributed by atoms with Crippen LogP contribution in [-0.2, 0) is 11.2 Å². The molecule has 1 aromatic heterocycles. The molecule has 6 nitrogen and oxygen atoms in total. The van der Waals surface area contributed by atoms with E-state index in [-0.39, 0.29) is 18.2 Å². The summed E-state index contributed by atoms with van der Waals surface area (Å²) in [6, 6.07) is -0.0194. The fraction of sp³-hybridized carbons (Fsp3) is 0.800. The number of methoxy groups -OCH3 is 1. The van der Waals surface area contributed by atoms with Gasteiger partial charge in [0.1, 0.15) is 0 Å². The van der Waals surface area contributed by atoms with E-state index in [1.54, 1.807) is 7.11 Å². The average molecular weight is 227 g/mol. The van der Waals surface area contributed by atoms with Crippen LogP contribution >= 0.6 is 0 Å². The van der Waals surface area contributed by atoms with Crippen LogP contribution in [0.5, 0.6) is 0 Å². The average Bonchev–Trinajstić information content (AvgIpc) is 2.87. The minimum Gasteiger partial charge on any atom is -0.392 e. The Labute approximate surface area is 94.0 Å². The van der Waals surface area contributed by atoms with Crippen molar-refractivity contribution in [2.24, 2.45) is 0 Å². The van der Waals surface area contributed by atoms with Gasteiger partial charge in [0.05, 0.1) is 18.2 Å². The Morgan fingerprint density at radius 2 is 2.50 bits per heavy atom. The molecule has 0 bridgehead atoms. The first-order valence-corrected chi connectivity index (χ1v) is 5.45. The molecule has 0 aliphatic carbocycles. The Balaban J connectivity index is 1.97. The largest absolute Gasteiger partial charge is 0.392 e. The predicted molar refractivity (Wildman–Crippen MR) is 55.8 cm³/mol. The molecule has 0 amide bonds. The quantitative estimate of drug-likeness (QED) is 0.756. The summed E-state index contributed by atoms with van der Waals surface area (Å²) in [5.41, 5.74) is 0. The molecule has 2 heterocycles. The highest BCUT2D eigenvalue weighted by Crippen LogP contribution is 2.21. The van der Waals surface area contributed by atoms with E-state index in [0.29, 0.717) is 31.1 Å². The monoisotopic (exact) mass is 227 g/mol. The Hall–Kier alpha value is -0.980. The molecule has 3 atom stereocenters. The van der Waals surface area contributed by atoms with E-state index < -0.39 is 0 Å². The van der Waals surface area contributed by atoms with Crippen molar-refractivity contribution in [1.29, 1.82) is 0 Å². The Morgan fingerprint density at radius 3 is 3.12 bits per heavy atom. The summed E-state index contributed by atoms with van der Waals surface area (Å²) in [7, 11) is 1.65. The topological polar surface area (TPSA) is 80.4 Å². The fourth-order valence-electron chi connectivity index (χ4n) is 1.74. The zero-order chi connectivity index (χ0) is 11.5. The van der Waals surface area contributed by atoms with Gasteiger partial charge in [0, 0.05) is 20.1 Å². The molecule has 16 heavy (non-hydrogen) atoms. The van der Waals surface area contributed by atoms with Crippen LogP contribution in [0.15, 0.2) is 4.52 Å². The third-order valence-electron chi connectivity index (χ3n) is 2.76. The SMILES string of the molecule is COC(C)Cc1noc([C@H]2C[C@@H](O)CN2)n1. The molecule has 1 saturated heterocycles. The summed E-state index contributed by atoms with van der Waals surface area (Å²) >= 11 is 0. The van der Waals surface area contributed by atoms with Crippen molar-refractivity contribution in [3.8, 4) is 0 Å². The standard InChI is InChI=1S/C10H17N3O3/c1-6(15-2)3-9-12-10(16-13-9)8-4-7(14)5-11-8/h6-8,11,14H,3-5H2,1-2H3/t6?,7-,8-/m1/s1. The molecule has 1 aromatic rings. The highest BCUT2D eigenvalue weighted by Gasteiger charge is 2.28. The van der Waals surface area contributed by atoms with Crippen molar-refractivity contribution in [3.63, 3.8) is 0 Å². The third kappa shape index (κ3) is 2.58. The van der Waals surface area contributed by atoms with E-state index in [9.17, 15) is 5.11 Å². The molecule has 0 saturated carbocycles. The van der Waals surface area contributed by atoms with Gasteiger partial charge in [-0.2, -0.15) is 4.98 Å². The van der Waals surface area contributed by atoms with Crippen LogP contribution in [-0.4, -0.2) is 41.1 Å². The van der Waals surface area contributed by atoms with Gasteiger partial charge in [0.2, 0.25) is 5.89 Å². The van der Waals surface area contributed by atoms with E-state index in [2.05, 4.69) is 15.5 Å². The lowest BCUT2D eigenvalue weighted by Crippen LogP contribution is -2.15. The molecule has 2 N–H and O–H groups in total. The molecule has 6 heteroatoms. The Bertz CT molecular complexity index is 342. The van der Waals surface area contributed by atoms with Gasteiger partial charge in [-0.15, -0.1) is 0 Å². The molecule has 1 fully saturated rings.